The van der Waals surface area contributed by atoms with Crippen LogP contribution in [0.25, 0.3) is 0 Å². The molecule has 2 nitrogen and oxygen atoms in total. The maximum absolute atomic E-state index is 11.9. The van der Waals surface area contributed by atoms with Crippen molar-refractivity contribution in [2.75, 3.05) is 0 Å². The molecule has 0 aromatic carbocycles. The number of aromatic hydroxyl groups is 1. The number of halogens is 3. The molecule has 0 saturated heterocycles. The third kappa shape index (κ3) is 1.58. The van der Waals surface area contributed by atoms with Crippen LogP contribution in [0.4, 0.5) is 13.2 Å². The van der Waals surface area contributed by atoms with Crippen LogP contribution in [0.1, 0.15) is 14.5 Å². The molecular formula is C6H3F3O2S. The summed E-state index contributed by atoms with van der Waals surface area (Å²) in [7, 11) is 0. The van der Waals surface area contributed by atoms with E-state index in [1.54, 1.807) is 0 Å². The summed E-state index contributed by atoms with van der Waals surface area (Å²) >= 11 is 0.223. The van der Waals surface area contributed by atoms with Gasteiger partial charge in [0.2, 0.25) is 0 Å². The van der Waals surface area contributed by atoms with Crippen LogP contribution in [-0.4, -0.2) is 11.4 Å². The average Bonchev–Trinajstić information content (AvgIpc) is 2.29. The molecule has 1 N–H and O–H groups in total. The number of aldehydes is 1. The number of carbonyl (C=O) groups excluding carboxylic acids is 1. The molecule has 1 aromatic heterocycles. The summed E-state index contributed by atoms with van der Waals surface area (Å²) in [6.45, 7) is 0. The third-order valence-corrected chi connectivity index (χ3v) is 2.22. The number of rotatable bonds is 1. The van der Waals surface area contributed by atoms with Crippen LogP contribution in [-0.2, 0) is 6.18 Å². The molecule has 0 fully saturated rings. The zero-order valence-corrected chi connectivity index (χ0v) is 6.37. The molecule has 0 aliphatic carbocycles. The predicted octanol–water partition coefficient (Wildman–Crippen LogP) is 2.29. The molecule has 0 amide bonds. The molecule has 0 atom stereocenters. The van der Waals surface area contributed by atoms with E-state index in [1.165, 1.54) is 0 Å². The monoisotopic (exact) mass is 196 g/mol. The Morgan fingerprint density at radius 2 is 2.08 bits per heavy atom. The van der Waals surface area contributed by atoms with Gasteiger partial charge in [0.05, 0.1) is 0 Å². The summed E-state index contributed by atoms with van der Waals surface area (Å²) in [5, 5.41) is 8.77. The highest BCUT2D eigenvalue weighted by molar-refractivity contribution is 7.14. The van der Waals surface area contributed by atoms with E-state index in [-0.39, 0.29) is 22.5 Å². The van der Waals surface area contributed by atoms with Gasteiger partial charge in [-0.15, -0.1) is 11.3 Å². The van der Waals surface area contributed by atoms with Gasteiger partial charge in [-0.3, -0.25) is 4.79 Å². The molecule has 1 rings (SSSR count). The second kappa shape index (κ2) is 2.78. The van der Waals surface area contributed by atoms with E-state index < -0.39 is 16.8 Å². The fourth-order valence-corrected chi connectivity index (χ4v) is 1.35. The van der Waals surface area contributed by atoms with Crippen molar-refractivity contribution in [2.45, 2.75) is 6.18 Å². The molecule has 1 aromatic rings. The molecule has 0 saturated carbocycles. The largest absolute Gasteiger partial charge is 0.506 e. The molecule has 0 unspecified atom stereocenters. The molecule has 12 heavy (non-hydrogen) atoms. The first-order valence-corrected chi connectivity index (χ1v) is 3.62. The summed E-state index contributed by atoms with van der Waals surface area (Å²) < 4.78 is 35.7. The highest BCUT2D eigenvalue weighted by Gasteiger charge is 2.33. The summed E-state index contributed by atoms with van der Waals surface area (Å²) in [6.07, 6.45) is -4.31. The first-order valence-electron chi connectivity index (χ1n) is 2.80. The van der Waals surface area contributed by atoms with Gasteiger partial charge in [0.1, 0.15) is 15.5 Å². The maximum Gasteiger partial charge on any atom is 0.425 e. The Bertz CT molecular complexity index is 302. The smallest absolute Gasteiger partial charge is 0.425 e. The molecule has 1 heterocycles. The maximum atomic E-state index is 11.9. The minimum absolute atomic E-state index is 0.190. The van der Waals surface area contributed by atoms with Gasteiger partial charge < -0.3 is 5.11 Å². The first-order chi connectivity index (χ1) is 5.45. The van der Waals surface area contributed by atoms with E-state index in [1.807, 2.05) is 0 Å². The lowest BCUT2D eigenvalue weighted by atomic mass is 10.4. The molecule has 0 aliphatic heterocycles. The van der Waals surface area contributed by atoms with E-state index >= 15 is 0 Å². The van der Waals surface area contributed by atoms with E-state index in [0.29, 0.717) is 6.07 Å². The highest BCUT2D eigenvalue weighted by Crippen LogP contribution is 2.38. The van der Waals surface area contributed by atoms with Crippen molar-refractivity contribution < 1.29 is 23.1 Å². The second-order valence-electron chi connectivity index (χ2n) is 1.98. The average molecular weight is 196 g/mol. The Morgan fingerprint density at radius 1 is 1.50 bits per heavy atom. The third-order valence-electron chi connectivity index (χ3n) is 1.13. The van der Waals surface area contributed by atoms with Crippen molar-refractivity contribution in [1.29, 1.82) is 0 Å². The van der Waals surface area contributed by atoms with Crippen molar-refractivity contribution in [3.63, 3.8) is 0 Å². The minimum atomic E-state index is -4.50. The summed E-state index contributed by atoms with van der Waals surface area (Å²) in [6, 6.07) is 0.536. The Balaban J connectivity index is 3.13. The summed E-state index contributed by atoms with van der Waals surface area (Å²) in [5.74, 6) is -0.623. The van der Waals surface area contributed by atoms with E-state index in [2.05, 4.69) is 0 Å². The van der Waals surface area contributed by atoms with Crippen LogP contribution in [0.3, 0.4) is 0 Å². The van der Waals surface area contributed by atoms with Crippen molar-refractivity contribution in [3.8, 4) is 5.75 Å². The summed E-state index contributed by atoms with van der Waals surface area (Å²) in [5.41, 5.74) is 0. The number of carbonyl (C=O) groups is 1. The topological polar surface area (TPSA) is 37.3 Å². The summed E-state index contributed by atoms with van der Waals surface area (Å²) in [4.78, 5) is 8.78. The number of hydrogen-bond donors (Lipinski definition) is 1. The Morgan fingerprint density at radius 3 is 2.33 bits per heavy atom. The van der Waals surface area contributed by atoms with Gasteiger partial charge in [-0.1, -0.05) is 0 Å². The molecule has 0 spiro atoms. The van der Waals surface area contributed by atoms with Crippen LogP contribution in [0, 0.1) is 0 Å². The van der Waals surface area contributed by atoms with Gasteiger partial charge in [0.25, 0.3) is 0 Å². The Hall–Kier alpha value is -1.04. The quantitative estimate of drug-likeness (QED) is 0.699. The van der Waals surface area contributed by atoms with Gasteiger partial charge in [-0.2, -0.15) is 13.2 Å². The van der Waals surface area contributed by atoms with E-state index in [4.69, 9.17) is 5.11 Å². The SMILES string of the molecule is O=Cc1sc(C(F)(F)F)cc1O. The minimum Gasteiger partial charge on any atom is -0.506 e. The Kier molecular flexibility index (Phi) is 2.10. The standard InChI is InChI=1S/C6H3F3O2S/c7-6(8,9)5-1-3(11)4(2-10)12-5/h1-2,11H. The lowest BCUT2D eigenvalue weighted by Crippen LogP contribution is -2.00. The predicted molar refractivity (Wildman–Crippen MR) is 36.4 cm³/mol. The van der Waals surface area contributed by atoms with Crippen LogP contribution >= 0.6 is 11.3 Å². The molecule has 6 heteroatoms. The molecule has 0 bridgehead atoms. The Labute approximate surface area is 69.3 Å². The van der Waals surface area contributed by atoms with Crippen molar-refractivity contribution in [1.82, 2.24) is 0 Å². The van der Waals surface area contributed by atoms with E-state index in [0.717, 1.165) is 0 Å². The first kappa shape index (κ1) is 9.05. The molecular weight excluding hydrogens is 193 g/mol. The van der Waals surface area contributed by atoms with Crippen molar-refractivity contribution in [2.24, 2.45) is 0 Å². The van der Waals surface area contributed by atoms with Crippen LogP contribution < -0.4 is 0 Å². The van der Waals surface area contributed by atoms with Crippen LogP contribution in [0.15, 0.2) is 6.07 Å². The lowest BCUT2D eigenvalue weighted by Gasteiger charge is -1.99. The van der Waals surface area contributed by atoms with Crippen molar-refractivity contribution >= 4 is 17.6 Å². The van der Waals surface area contributed by atoms with Gasteiger partial charge in [-0.05, 0) is 0 Å². The van der Waals surface area contributed by atoms with Crippen LogP contribution in [0.2, 0.25) is 0 Å². The van der Waals surface area contributed by atoms with Gasteiger partial charge in [-0.25, -0.2) is 0 Å². The van der Waals surface area contributed by atoms with Gasteiger partial charge in [0.15, 0.2) is 6.29 Å². The lowest BCUT2D eigenvalue weighted by molar-refractivity contribution is -0.134. The zero-order chi connectivity index (χ0) is 9.35. The van der Waals surface area contributed by atoms with Crippen LogP contribution in [0.5, 0.6) is 5.75 Å². The number of alkyl halides is 3. The van der Waals surface area contributed by atoms with E-state index in [9.17, 15) is 18.0 Å². The normalized spacial score (nSPS) is 11.6. The highest BCUT2D eigenvalue weighted by atomic mass is 32.1. The molecule has 0 radical (unpaired) electrons. The molecule has 66 valence electrons. The van der Waals surface area contributed by atoms with Crippen molar-refractivity contribution in [3.05, 3.63) is 15.8 Å². The number of thiophene rings is 1. The molecule has 0 aliphatic rings. The van der Waals surface area contributed by atoms with Gasteiger partial charge >= 0.3 is 6.18 Å². The number of hydrogen-bond acceptors (Lipinski definition) is 3. The fraction of sp³-hybridized carbons (Fsp3) is 0.167. The second-order valence-corrected chi connectivity index (χ2v) is 3.06. The van der Waals surface area contributed by atoms with Gasteiger partial charge in [0, 0.05) is 6.07 Å². The zero-order valence-electron chi connectivity index (χ0n) is 5.55. The fourth-order valence-electron chi connectivity index (χ4n) is 0.620.